The molecule has 2 rings (SSSR count). The number of hydrogen-bond donors (Lipinski definition) is 0. The van der Waals surface area contributed by atoms with Gasteiger partial charge in [-0.05, 0) is 24.5 Å². The van der Waals surface area contributed by atoms with Crippen molar-refractivity contribution in [2.24, 2.45) is 5.92 Å². The second-order valence-electron chi connectivity index (χ2n) is 6.69. The first-order valence-electron chi connectivity index (χ1n) is 8.75. The van der Waals surface area contributed by atoms with Crippen LogP contribution in [0.4, 0.5) is 0 Å². The van der Waals surface area contributed by atoms with Gasteiger partial charge in [0, 0.05) is 38.7 Å². The number of benzene rings is 1. The topological polar surface area (TPSA) is 59.1 Å². The normalized spacial score (nSPS) is 15.1. The summed E-state index contributed by atoms with van der Waals surface area (Å²) in [7, 11) is 3.12. The molecule has 1 fully saturated rings. The van der Waals surface area contributed by atoms with Crippen molar-refractivity contribution in [2.45, 2.75) is 26.7 Å². The Bertz CT molecular complexity index is 615. The SMILES string of the molecule is COc1ccc(C(=O)N2CCCN(C(=O)CC(C)C)CC2)c(OC)c1. The quantitative estimate of drug-likeness (QED) is 0.820. The van der Waals surface area contributed by atoms with Crippen LogP contribution in [0.1, 0.15) is 37.0 Å². The van der Waals surface area contributed by atoms with Crippen molar-refractivity contribution >= 4 is 11.8 Å². The largest absolute Gasteiger partial charge is 0.497 e. The Morgan fingerprint density at radius 2 is 1.72 bits per heavy atom. The molecule has 0 aliphatic carbocycles. The number of nitrogens with zero attached hydrogens (tertiary/aromatic N) is 2. The Balaban J connectivity index is 2.07. The fourth-order valence-electron chi connectivity index (χ4n) is 2.99. The Hall–Kier alpha value is -2.24. The number of rotatable bonds is 5. The molecule has 0 atom stereocenters. The summed E-state index contributed by atoms with van der Waals surface area (Å²) < 4.78 is 10.5. The molecule has 1 aliphatic rings. The fourth-order valence-corrected chi connectivity index (χ4v) is 2.99. The lowest BCUT2D eigenvalue weighted by Crippen LogP contribution is -2.37. The van der Waals surface area contributed by atoms with Crippen molar-refractivity contribution in [3.8, 4) is 11.5 Å². The highest BCUT2D eigenvalue weighted by Gasteiger charge is 2.25. The first-order chi connectivity index (χ1) is 12.0. The summed E-state index contributed by atoms with van der Waals surface area (Å²) in [4.78, 5) is 28.8. The van der Waals surface area contributed by atoms with Crippen molar-refractivity contribution in [3.05, 3.63) is 23.8 Å². The van der Waals surface area contributed by atoms with E-state index in [9.17, 15) is 9.59 Å². The highest BCUT2D eigenvalue weighted by molar-refractivity contribution is 5.97. The molecule has 6 nitrogen and oxygen atoms in total. The summed E-state index contributed by atoms with van der Waals surface area (Å²) in [6.07, 6.45) is 1.34. The molecule has 25 heavy (non-hydrogen) atoms. The fraction of sp³-hybridized carbons (Fsp3) is 0.579. The summed E-state index contributed by atoms with van der Waals surface area (Å²) in [6, 6.07) is 5.20. The van der Waals surface area contributed by atoms with Crippen molar-refractivity contribution in [2.75, 3.05) is 40.4 Å². The summed E-state index contributed by atoms with van der Waals surface area (Å²) in [5, 5.41) is 0. The van der Waals surface area contributed by atoms with Gasteiger partial charge in [-0.1, -0.05) is 13.8 Å². The maximum Gasteiger partial charge on any atom is 0.257 e. The third-order valence-corrected chi connectivity index (χ3v) is 4.36. The van der Waals surface area contributed by atoms with Gasteiger partial charge in [-0.2, -0.15) is 0 Å². The molecule has 1 aromatic rings. The minimum Gasteiger partial charge on any atom is -0.497 e. The first-order valence-corrected chi connectivity index (χ1v) is 8.75. The number of ether oxygens (including phenoxy) is 2. The zero-order valence-corrected chi connectivity index (χ0v) is 15.6. The number of carbonyl (C=O) groups is 2. The van der Waals surface area contributed by atoms with Gasteiger partial charge >= 0.3 is 0 Å². The van der Waals surface area contributed by atoms with Crippen LogP contribution in [0, 0.1) is 5.92 Å². The minimum atomic E-state index is -0.0716. The van der Waals surface area contributed by atoms with Crippen LogP contribution in [0.5, 0.6) is 11.5 Å². The van der Waals surface area contributed by atoms with Gasteiger partial charge in [0.2, 0.25) is 5.91 Å². The van der Waals surface area contributed by atoms with E-state index in [2.05, 4.69) is 0 Å². The van der Waals surface area contributed by atoms with Gasteiger partial charge in [-0.25, -0.2) is 0 Å². The maximum atomic E-state index is 12.9. The van der Waals surface area contributed by atoms with E-state index in [-0.39, 0.29) is 11.8 Å². The number of hydrogen-bond acceptors (Lipinski definition) is 4. The molecule has 1 aromatic carbocycles. The molecule has 0 aromatic heterocycles. The van der Waals surface area contributed by atoms with Crippen molar-refractivity contribution in [1.29, 1.82) is 0 Å². The van der Waals surface area contributed by atoms with Crippen LogP contribution in [-0.2, 0) is 4.79 Å². The molecule has 1 saturated heterocycles. The van der Waals surface area contributed by atoms with Gasteiger partial charge in [-0.3, -0.25) is 9.59 Å². The summed E-state index contributed by atoms with van der Waals surface area (Å²) in [6.45, 7) is 6.55. The van der Waals surface area contributed by atoms with E-state index in [0.29, 0.717) is 55.6 Å². The van der Waals surface area contributed by atoms with E-state index < -0.39 is 0 Å². The zero-order chi connectivity index (χ0) is 18.4. The number of amides is 2. The molecule has 2 amide bonds. The van der Waals surface area contributed by atoms with Crippen LogP contribution in [0.15, 0.2) is 18.2 Å². The van der Waals surface area contributed by atoms with Crippen LogP contribution < -0.4 is 9.47 Å². The van der Waals surface area contributed by atoms with E-state index in [0.717, 1.165) is 6.42 Å². The number of carbonyl (C=O) groups excluding carboxylic acids is 2. The van der Waals surface area contributed by atoms with Gasteiger partial charge in [-0.15, -0.1) is 0 Å². The molecule has 6 heteroatoms. The van der Waals surface area contributed by atoms with Crippen LogP contribution in [0.2, 0.25) is 0 Å². The standard InChI is InChI=1S/C19H28N2O4/c1-14(2)12-18(22)20-8-5-9-21(11-10-20)19(23)16-7-6-15(24-3)13-17(16)25-4/h6-7,13-14H,5,8-12H2,1-4H3. The highest BCUT2D eigenvalue weighted by atomic mass is 16.5. The molecule has 0 spiro atoms. The maximum absolute atomic E-state index is 12.9. The molecule has 0 bridgehead atoms. The average Bonchev–Trinajstić information content (AvgIpc) is 2.86. The first kappa shape index (κ1) is 19.1. The molecule has 1 aliphatic heterocycles. The van der Waals surface area contributed by atoms with Crippen molar-refractivity contribution in [3.63, 3.8) is 0 Å². The van der Waals surface area contributed by atoms with E-state index in [4.69, 9.17) is 9.47 Å². The van der Waals surface area contributed by atoms with Gasteiger partial charge < -0.3 is 19.3 Å². The Morgan fingerprint density at radius 1 is 1.04 bits per heavy atom. The smallest absolute Gasteiger partial charge is 0.257 e. The van der Waals surface area contributed by atoms with Gasteiger partial charge in [0.25, 0.3) is 5.91 Å². The average molecular weight is 348 g/mol. The molecule has 0 N–H and O–H groups in total. The molecular formula is C19H28N2O4. The minimum absolute atomic E-state index is 0.0716. The van der Waals surface area contributed by atoms with Crippen molar-refractivity contribution < 1.29 is 19.1 Å². The van der Waals surface area contributed by atoms with Crippen LogP contribution in [0.3, 0.4) is 0 Å². The Kier molecular flexibility index (Phi) is 6.67. The summed E-state index contributed by atoms with van der Waals surface area (Å²) in [5.74, 6) is 1.59. The second-order valence-corrected chi connectivity index (χ2v) is 6.69. The lowest BCUT2D eigenvalue weighted by Gasteiger charge is -2.23. The van der Waals surface area contributed by atoms with Gasteiger partial charge in [0.05, 0.1) is 19.8 Å². The third-order valence-electron chi connectivity index (χ3n) is 4.36. The predicted octanol–water partition coefficient (Wildman–Crippen LogP) is 2.42. The van der Waals surface area contributed by atoms with Gasteiger partial charge in [0.1, 0.15) is 11.5 Å². The number of methoxy groups -OCH3 is 2. The van der Waals surface area contributed by atoms with E-state index in [1.165, 1.54) is 0 Å². The van der Waals surface area contributed by atoms with Gasteiger partial charge in [0.15, 0.2) is 0 Å². The molecular weight excluding hydrogens is 320 g/mol. The highest BCUT2D eigenvalue weighted by Crippen LogP contribution is 2.26. The van der Waals surface area contributed by atoms with Crippen molar-refractivity contribution in [1.82, 2.24) is 9.80 Å². The summed E-state index contributed by atoms with van der Waals surface area (Å²) in [5.41, 5.74) is 0.519. The Labute approximate surface area is 149 Å². The predicted molar refractivity (Wildman–Crippen MR) is 96.1 cm³/mol. The zero-order valence-electron chi connectivity index (χ0n) is 15.6. The van der Waals surface area contributed by atoms with Crippen LogP contribution in [-0.4, -0.2) is 62.0 Å². The third kappa shape index (κ3) is 4.87. The van der Waals surface area contributed by atoms with Crippen LogP contribution in [0.25, 0.3) is 0 Å². The Morgan fingerprint density at radius 3 is 2.36 bits per heavy atom. The molecule has 0 unspecified atom stereocenters. The molecule has 138 valence electrons. The molecule has 0 saturated carbocycles. The van der Waals surface area contributed by atoms with E-state index in [1.807, 2.05) is 18.7 Å². The summed E-state index contributed by atoms with van der Waals surface area (Å²) >= 11 is 0. The second kappa shape index (κ2) is 8.74. The monoisotopic (exact) mass is 348 g/mol. The lowest BCUT2D eigenvalue weighted by molar-refractivity contribution is -0.131. The lowest BCUT2D eigenvalue weighted by atomic mass is 10.1. The molecule has 0 radical (unpaired) electrons. The van der Waals surface area contributed by atoms with Crippen LogP contribution >= 0.6 is 0 Å². The van der Waals surface area contributed by atoms with E-state index in [1.54, 1.807) is 37.3 Å². The van der Waals surface area contributed by atoms with E-state index >= 15 is 0 Å². The molecule has 1 heterocycles.